The number of nitrogens with one attached hydrogen (secondary N) is 1. The molecule has 0 rings (SSSR count). The van der Waals surface area contributed by atoms with Crippen molar-refractivity contribution in [1.82, 2.24) is 5.32 Å². The highest BCUT2D eigenvalue weighted by molar-refractivity contribution is 5.73. The Balaban J connectivity index is 5.30. The molecule has 0 aromatic heterocycles. The Hall–Kier alpha value is -2.12. The fraction of sp³-hybridized carbons (Fsp3) is 0.714. The molecule has 0 saturated carbocycles. The van der Waals surface area contributed by atoms with E-state index < -0.39 is 42.1 Å². The maximum Gasteiger partial charge on any atom is 0.303 e. The summed E-state index contributed by atoms with van der Waals surface area (Å²) in [4.78, 5) is 44.8. The molecule has 1 N–H and O–H groups in total. The number of ether oxygens (including phenoxy) is 3. The van der Waals surface area contributed by atoms with Crippen LogP contribution in [-0.4, -0.2) is 48.7 Å². The summed E-state index contributed by atoms with van der Waals surface area (Å²) in [7, 11) is 0. The number of carbonyl (C=O) groups is 4. The van der Waals surface area contributed by atoms with Crippen molar-refractivity contribution in [3.05, 3.63) is 0 Å². The average Bonchev–Trinajstić information content (AvgIpc) is 2.37. The first-order chi connectivity index (χ1) is 10.2. The van der Waals surface area contributed by atoms with E-state index in [0.717, 1.165) is 0 Å². The SMILES string of the molecule is CC[C@@H](OC(C)=O)[C@@H](OC(C)=O)[C@H](COC(C)=O)NC(C)=O. The fourth-order valence-corrected chi connectivity index (χ4v) is 1.89. The van der Waals surface area contributed by atoms with Crippen LogP contribution in [0.3, 0.4) is 0 Å². The van der Waals surface area contributed by atoms with Crippen molar-refractivity contribution in [3.63, 3.8) is 0 Å². The molecule has 0 aliphatic heterocycles. The van der Waals surface area contributed by atoms with Crippen molar-refractivity contribution in [3.8, 4) is 0 Å². The Morgan fingerprint density at radius 3 is 1.82 bits per heavy atom. The number of amides is 1. The van der Waals surface area contributed by atoms with Gasteiger partial charge in [-0.05, 0) is 6.42 Å². The molecule has 22 heavy (non-hydrogen) atoms. The van der Waals surface area contributed by atoms with Gasteiger partial charge in [0.15, 0.2) is 6.10 Å². The Bertz CT molecular complexity index is 421. The molecule has 0 aromatic rings. The van der Waals surface area contributed by atoms with Crippen molar-refractivity contribution in [1.29, 1.82) is 0 Å². The second-order valence-electron chi connectivity index (χ2n) is 4.74. The van der Waals surface area contributed by atoms with E-state index >= 15 is 0 Å². The lowest BCUT2D eigenvalue weighted by atomic mass is 10.0. The molecule has 8 nitrogen and oxygen atoms in total. The molecule has 126 valence electrons. The Labute approximate surface area is 129 Å². The first kappa shape index (κ1) is 19.9. The Morgan fingerprint density at radius 2 is 1.45 bits per heavy atom. The van der Waals surface area contributed by atoms with Crippen molar-refractivity contribution >= 4 is 23.8 Å². The van der Waals surface area contributed by atoms with E-state index in [1.54, 1.807) is 6.92 Å². The summed E-state index contributed by atoms with van der Waals surface area (Å²) in [5.74, 6) is -2.09. The van der Waals surface area contributed by atoms with Gasteiger partial charge in [0.1, 0.15) is 18.8 Å². The quantitative estimate of drug-likeness (QED) is 0.507. The first-order valence-corrected chi connectivity index (χ1v) is 6.92. The molecule has 0 heterocycles. The van der Waals surface area contributed by atoms with Crippen molar-refractivity contribution in [2.24, 2.45) is 0 Å². The zero-order valence-electron chi connectivity index (χ0n) is 13.5. The smallest absolute Gasteiger partial charge is 0.303 e. The van der Waals surface area contributed by atoms with E-state index in [0.29, 0.717) is 6.42 Å². The van der Waals surface area contributed by atoms with Crippen LogP contribution < -0.4 is 5.32 Å². The van der Waals surface area contributed by atoms with Crippen molar-refractivity contribution < 1.29 is 33.4 Å². The highest BCUT2D eigenvalue weighted by atomic mass is 16.6. The van der Waals surface area contributed by atoms with Gasteiger partial charge in [0.25, 0.3) is 0 Å². The lowest BCUT2D eigenvalue weighted by molar-refractivity contribution is -0.171. The lowest BCUT2D eigenvalue weighted by Crippen LogP contribution is -2.53. The molecule has 3 atom stereocenters. The Morgan fingerprint density at radius 1 is 0.909 bits per heavy atom. The van der Waals surface area contributed by atoms with Gasteiger partial charge in [-0.25, -0.2) is 0 Å². The molecule has 1 amide bonds. The van der Waals surface area contributed by atoms with Gasteiger partial charge in [0.05, 0.1) is 0 Å². The number of carbonyl (C=O) groups excluding carboxylic acids is 4. The third kappa shape index (κ3) is 8.23. The molecule has 0 spiro atoms. The topological polar surface area (TPSA) is 108 Å². The molecule has 0 aliphatic rings. The summed E-state index contributed by atoms with van der Waals surface area (Å²) in [6.45, 7) is 6.45. The highest BCUT2D eigenvalue weighted by Crippen LogP contribution is 2.14. The second-order valence-corrected chi connectivity index (χ2v) is 4.74. The van der Waals surface area contributed by atoms with Crippen LogP contribution in [-0.2, 0) is 33.4 Å². The first-order valence-electron chi connectivity index (χ1n) is 6.92. The van der Waals surface area contributed by atoms with Crippen LogP contribution in [0, 0.1) is 0 Å². The lowest BCUT2D eigenvalue weighted by Gasteiger charge is -2.32. The van der Waals surface area contributed by atoms with Crippen LogP contribution in [0.15, 0.2) is 0 Å². The van der Waals surface area contributed by atoms with Crippen LogP contribution in [0.25, 0.3) is 0 Å². The van der Waals surface area contributed by atoms with E-state index in [9.17, 15) is 19.2 Å². The van der Waals surface area contributed by atoms with Crippen LogP contribution in [0.2, 0.25) is 0 Å². The van der Waals surface area contributed by atoms with Crippen LogP contribution in [0.4, 0.5) is 0 Å². The predicted octanol–water partition coefficient (Wildman–Crippen LogP) is 0.328. The summed E-state index contributed by atoms with van der Waals surface area (Å²) < 4.78 is 15.2. The summed E-state index contributed by atoms with van der Waals surface area (Å²) in [6.07, 6.45) is -1.38. The number of rotatable bonds is 8. The minimum atomic E-state index is -0.963. The third-order valence-corrected chi connectivity index (χ3v) is 2.64. The van der Waals surface area contributed by atoms with E-state index in [1.807, 2.05) is 0 Å². The van der Waals surface area contributed by atoms with Gasteiger partial charge in [0.2, 0.25) is 5.91 Å². The van der Waals surface area contributed by atoms with Gasteiger partial charge in [-0.2, -0.15) is 0 Å². The monoisotopic (exact) mass is 317 g/mol. The number of esters is 3. The molecular weight excluding hydrogens is 294 g/mol. The van der Waals surface area contributed by atoms with E-state index in [-0.39, 0.29) is 6.61 Å². The van der Waals surface area contributed by atoms with Crippen molar-refractivity contribution in [2.45, 2.75) is 59.3 Å². The number of hydrogen-bond donors (Lipinski definition) is 1. The standard InChI is InChI=1S/C14H23NO7/c1-6-13(21-10(4)18)14(22-11(5)19)12(15-8(2)16)7-20-9(3)17/h12-14H,6-7H2,1-5H3,(H,15,16)/t12-,13+,14-/m0/s1. The van der Waals surface area contributed by atoms with Crippen molar-refractivity contribution in [2.75, 3.05) is 6.61 Å². The normalized spacial score (nSPS) is 14.2. The summed E-state index contributed by atoms with van der Waals surface area (Å²) in [5.41, 5.74) is 0. The van der Waals surface area contributed by atoms with Crippen LogP contribution in [0.1, 0.15) is 41.0 Å². The van der Waals surface area contributed by atoms with Crippen LogP contribution in [0.5, 0.6) is 0 Å². The van der Waals surface area contributed by atoms with E-state index in [2.05, 4.69) is 5.32 Å². The molecule has 0 unspecified atom stereocenters. The minimum absolute atomic E-state index is 0.204. The zero-order chi connectivity index (χ0) is 17.3. The summed E-state index contributed by atoms with van der Waals surface area (Å²) >= 11 is 0. The molecule has 0 aromatic carbocycles. The predicted molar refractivity (Wildman–Crippen MR) is 75.6 cm³/mol. The molecule has 8 heteroatoms. The molecule has 0 radical (unpaired) electrons. The second kappa shape index (κ2) is 9.75. The van der Waals surface area contributed by atoms with Crippen LogP contribution >= 0.6 is 0 Å². The molecule has 0 bridgehead atoms. The van der Waals surface area contributed by atoms with E-state index in [4.69, 9.17) is 14.2 Å². The largest absolute Gasteiger partial charge is 0.464 e. The minimum Gasteiger partial charge on any atom is -0.464 e. The molecule has 0 saturated heterocycles. The zero-order valence-corrected chi connectivity index (χ0v) is 13.5. The fourth-order valence-electron chi connectivity index (χ4n) is 1.89. The summed E-state index contributed by atoms with van der Waals surface area (Å²) in [5, 5.41) is 2.54. The summed E-state index contributed by atoms with van der Waals surface area (Å²) in [6, 6.07) is -0.824. The van der Waals surface area contributed by atoms with Gasteiger partial charge in [-0.15, -0.1) is 0 Å². The highest BCUT2D eigenvalue weighted by Gasteiger charge is 2.35. The molecular formula is C14H23NO7. The maximum absolute atomic E-state index is 11.3. The third-order valence-electron chi connectivity index (χ3n) is 2.64. The van der Waals surface area contributed by atoms with E-state index in [1.165, 1.54) is 27.7 Å². The Kier molecular flexibility index (Phi) is 8.81. The van der Waals surface area contributed by atoms with Gasteiger partial charge < -0.3 is 19.5 Å². The molecule has 0 fully saturated rings. The van der Waals surface area contributed by atoms with Gasteiger partial charge in [-0.1, -0.05) is 6.92 Å². The van der Waals surface area contributed by atoms with Gasteiger partial charge in [-0.3, -0.25) is 19.2 Å². The number of hydrogen-bond acceptors (Lipinski definition) is 7. The average molecular weight is 317 g/mol. The van der Waals surface area contributed by atoms with Gasteiger partial charge in [0, 0.05) is 27.7 Å². The molecule has 0 aliphatic carbocycles. The maximum atomic E-state index is 11.3. The van der Waals surface area contributed by atoms with Gasteiger partial charge >= 0.3 is 17.9 Å².